The van der Waals surface area contributed by atoms with Gasteiger partial charge in [-0.3, -0.25) is 0 Å². The molecule has 3 nitrogen and oxygen atoms in total. The fraction of sp³-hybridized carbons (Fsp3) is 1.00. The van der Waals surface area contributed by atoms with Crippen LogP contribution in [0.5, 0.6) is 0 Å². The van der Waals surface area contributed by atoms with Gasteiger partial charge in [-0.1, -0.05) is 13.3 Å². The van der Waals surface area contributed by atoms with Crippen molar-refractivity contribution in [3.8, 4) is 0 Å². The van der Waals surface area contributed by atoms with Crippen molar-refractivity contribution in [1.29, 1.82) is 0 Å². The summed E-state index contributed by atoms with van der Waals surface area (Å²) in [5.74, 6) is 1.82. The predicted molar refractivity (Wildman–Crippen MR) is 73.4 cm³/mol. The lowest BCUT2D eigenvalue weighted by atomic mass is 9.78. The van der Waals surface area contributed by atoms with Gasteiger partial charge in [-0.05, 0) is 62.9 Å². The lowest BCUT2D eigenvalue weighted by molar-refractivity contribution is 0.0178. The van der Waals surface area contributed by atoms with Crippen LogP contribution >= 0.6 is 0 Å². The van der Waals surface area contributed by atoms with E-state index in [4.69, 9.17) is 5.11 Å². The van der Waals surface area contributed by atoms with Crippen molar-refractivity contribution >= 4 is 0 Å². The Morgan fingerprint density at radius 3 is 2.39 bits per heavy atom. The van der Waals surface area contributed by atoms with Crippen molar-refractivity contribution in [2.45, 2.75) is 51.6 Å². The highest BCUT2D eigenvalue weighted by Crippen LogP contribution is 2.32. The predicted octanol–water partition coefficient (Wildman–Crippen LogP) is 1.88. The first-order chi connectivity index (χ1) is 8.72. The average molecular weight is 255 g/mol. The molecule has 0 bridgehead atoms. The van der Waals surface area contributed by atoms with E-state index in [1.807, 2.05) is 0 Å². The summed E-state index contributed by atoms with van der Waals surface area (Å²) < 4.78 is 0. The van der Waals surface area contributed by atoms with E-state index in [0.717, 1.165) is 44.8 Å². The zero-order chi connectivity index (χ0) is 13.0. The minimum atomic E-state index is -0.0802. The van der Waals surface area contributed by atoms with Gasteiger partial charge in [0, 0.05) is 13.2 Å². The van der Waals surface area contributed by atoms with Crippen LogP contribution in [0.2, 0.25) is 0 Å². The summed E-state index contributed by atoms with van der Waals surface area (Å²) in [6.07, 6.45) is 6.83. The maximum atomic E-state index is 10.1. The van der Waals surface area contributed by atoms with Gasteiger partial charge < -0.3 is 15.1 Å². The minimum absolute atomic E-state index is 0.0802. The normalized spacial score (nSPS) is 35.8. The summed E-state index contributed by atoms with van der Waals surface area (Å²) in [6.45, 7) is 5.89. The molecule has 2 fully saturated rings. The Kier molecular flexibility index (Phi) is 5.46. The van der Waals surface area contributed by atoms with Crippen molar-refractivity contribution < 1.29 is 10.2 Å². The Hall–Kier alpha value is -0.120. The molecule has 0 amide bonds. The number of hydrogen-bond acceptors (Lipinski definition) is 3. The first-order valence-corrected chi connectivity index (χ1v) is 7.74. The van der Waals surface area contributed by atoms with Crippen molar-refractivity contribution in [2.24, 2.45) is 17.8 Å². The molecule has 1 saturated carbocycles. The molecular weight excluding hydrogens is 226 g/mol. The number of aliphatic hydroxyl groups excluding tert-OH is 2. The van der Waals surface area contributed by atoms with Gasteiger partial charge in [-0.25, -0.2) is 0 Å². The van der Waals surface area contributed by atoms with Gasteiger partial charge in [-0.2, -0.15) is 0 Å². The molecular formula is C15H29NO2. The van der Waals surface area contributed by atoms with E-state index in [0.29, 0.717) is 18.4 Å². The Morgan fingerprint density at radius 1 is 1.06 bits per heavy atom. The second-order valence-electron chi connectivity index (χ2n) is 6.34. The number of piperidine rings is 1. The van der Waals surface area contributed by atoms with E-state index in [1.165, 1.54) is 19.3 Å². The molecule has 2 rings (SSSR count). The van der Waals surface area contributed by atoms with Gasteiger partial charge in [-0.15, -0.1) is 0 Å². The van der Waals surface area contributed by atoms with E-state index >= 15 is 0 Å². The molecule has 18 heavy (non-hydrogen) atoms. The highest BCUT2D eigenvalue weighted by Gasteiger charge is 2.30. The molecule has 0 radical (unpaired) electrons. The smallest absolute Gasteiger partial charge is 0.0580 e. The van der Waals surface area contributed by atoms with Gasteiger partial charge >= 0.3 is 0 Å². The largest absolute Gasteiger partial charge is 0.396 e. The number of likely N-dealkylation sites (tertiary alicyclic amines) is 1. The molecule has 2 aliphatic rings. The zero-order valence-corrected chi connectivity index (χ0v) is 11.7. The van der Waals surface area contributed by atoms with Gasteiger partial charge in [0.2, 0.25) is 0 Å². The first-order valence-electron chi connectivity index (χ1n) is 7.74. The standard InChI is InChI=1S/C15H29NO2/c1-2-12-3-4-15(18)14(9-12)10-16-7-5-13(11-17)6-8-16/h12-15,17-18H,2-11H2,1H3. The Morgan fingerprint density at radius 2 is 1.78 bits per heavy atom. The van der Waals surface area contributed by atoms with Crippen LogP contribution < -0.4 is 0 Å². The SMILES string of the molecule is CCC1CCC(O)C(CN2CCC(CO)CC2)C1. The van der Waals surface area contributed by atoms with Crippen LogP contribution in [0.4, 0.5) is 0 Å². The molecule has 0 aromatic rings. The highest BCUT2D eigenvalue weighted by molar-refractivity contribution is 4.83. The van der Waals surface area contributed by atoms with Gasteiger partial charge in [0.1, 0.15) is 0 Å². The van der Waals surface area contributed by atoms with Crippen molar-refractivity contribution in [1.82, 2.24) is 4.90 Å². The van der Waals surface area contributed by atoms with Gasteiger partial charge in [0.15, 0.2) is 0 Å². The second kappa shape index (κ2) is 6.88. The summed E-state index contributed by atoms with van der Waals surface area (Å²) in [4.78, 5) is 2.50. The van der Waals surface area contributed by atoms with Crippen molar-refractivity contribution in [2.75, 3.05) is 26.2 Å². The molecule has 1 aliphatic carbocycles. The summed E-state index contributed by atoms with van der Waals surface area (Å²) in [5, 5.41) is 19.3. The number of rotatable bonds is 4. The molecule has 3 heteroatoms. The van der Waals surface area contributed by atoms with Crippen LogP contribution in [0.15, 0.2) is 0 Å². The van der Waals surface area contributed by atoms with Crippen LogP contribution in [-0.2, 0) is 0 Å². The van der Waals surface area contributed by atoms with Crippen LogP contribution in [0.25, 0.3) is 0 Å². The maximum absolute atomic E-state index is 10.1. The molecule has 1 saturated heterocycles. The Labute approximate surface area is 111 Å². The lowest BCUT2D eigenvalue weighted by Gasteiger charge is -2.38. The molecule has 3 unspecified atom stereocenters. The van der Waals surface area contributed by atoms with Crippen LogP contribution in [0.1, 0.15) is 45.4 Å². The third kappa shape index (κ3) is 3.69. The molecule has 3 atom stereocenters. The summed E-state index contributed by atoms with van der Waals surface area (Å²) in [6, 6.07) is 0. The number of nitrogens with zero attached hydrogens (tertiary/aromatic N) is 1. The Balaban J connectivity index is 1.77. The van der Waals surface area contributed by atoms with Crippen molar-refractivity contribution in [3.05, 3.63) is 0 Å². The summed E-state index contributed by atoms with van der Waals surface area (Å²) in [5.41, 5.74) is 0. The molecule has 0 aromatic heterocycles. The van der Waals surface area contributed by atoms with Crippen LogP contribution in [-0.4, -0.2) is 47.5 Å². The van der Waals surface area contributed by atoms with E-state index < -0.39 is 0 Å². The van der Waals surface area contributed by atoms with Gasteiger partial charge in [0.25, 0.3) is 0 Å². The van der Waals surface area contributed by atoms with Gasteiger partial charge in [0.05, 0.1) is 6.10 Å². The van der Waals surface area contributed by atoms with Crippen LogP contribution in [0.3, 0.4) is 0 Å². The molecule has 0 spiro atoms. The fourth-order valence-electron chi connectivity index (χ4n) is 3.60. The molecule has 2 N–H and O–H groups in total. The quantitative estimate of drug-likeness (QED) is 0.806. The third-order valence-corrected chi connectivity index (χ3v) is 5.09. The lowest BCUT2D eigenvalue weighted by Crippen LogP contribution is -2.42. The minimum Gasteiger partial charge on any atom is -0.396 e. The summed E-state index contributed by atoms with van der Waals surface area (Å²) >= 11 is 0. The summed E-state index contributed by atoms with van der Waals surface area (Å²) in [7, 11) is 0. The maximum Gasteiger partial charge on any atom is 0.0580 e. The topological polar surface area (TPSA) is 43.7 Å². The molecule has 106 valence electrons. The van der Waals surface area contributed by atoms with E-state index in [1.54, 1.807) is 0 Å². The average Bonchev–Trinajstić information content (AvgIpc) is 2.42. The second-order valence-corrected chi connectivity index (χ2v) is 6.34. The number of aliphatic hydroxyl groups is 2. The molecule has 0 aromatic carbocycles. The zero-order valence-electron chi connectivity index (χ0n) is 11.7. The molecule has 1 heterocycles. The van der Waals surface area contributed by atoms with E-state index in [9.17, 15) is 5.11 Å². The number of hydrogen-bond donors (Lipinski definition) is 2. The van der Waals surface area contributed by atoms with Crippen LogP contribution in [0, 0.1) is 17.8 Å². The fourth-order valence-corrected chi connectivity index (χ4v) is 3.60. The van der Waals surface area contributed by atoms with E-state index in [-0.39, 0.29) is 6.10 Å². The highest BCUT2D eigenvalue weighted by atomic mass is 16.3. The Bertz CT molecular complexity index is 239. The van der Waals surface area contributed by atoms with Crippen molar-refractivity contribution in [3.63, 3.8) is 0 Å². The monoisotopic (exact) mass is 255 g/mol. The first kappa shape index (κ1) is 14.3. The third-order valence-electron chi connectivity index (χ3n) is 5.09. The molecule has 1 aliphatic heterocycles. The van der Waals surface area contributed by atoms with E-state index in [2.05, 4.69) is 11.8 Å².